The second-order valence-corrected chi connectivity index (χ2v) is 6.09. The number of aromatic nitrogens is 1. The van der Waals surface area contributed by atoms with Crippen molar-refractivity contribution in [1.82, 2.24) is 4.98 Å². The summed E-state index contributed by atoms with van der Waals surface area (Å²) in [5.74, 6) is 0.333. The van der Waals surface area contributed by atoms with E-state index < -0.39 is 10.8 Å². The van der Waals surface area contributed by atoms with E-state index in [4.69, 9.17) is 21.8 Å². The smallest absolute Gasteiger partial charge is 0.288 e. The number of nitrogens with two attached hydrogens (primary N) is 1. The van der Waals surface area contributed by atoms with E-state index in [1.54, 1.807) is 30.3 Å². The normalized spacial score (nSPS) is 12.7. The minimum atomic E-state index is -1.34. The summed E-state index contributed by atoms with van der Waals surface area (Å²) in [6, 6.07) is 12.3. The van der Waals surface area contributed by atoms with E-state index in [1.807, 2.05) is 12.1 Å². The largest absolute Gasteiger partial charge is 0.430 e. The van der Waals surface area contributed by atoms with E-state index in [2.05, 4.69) is 4.98 Å². The lowest BCUT2D eigenvalue weighted by Crippen LogP contribution is -1.96. The van der Waals surface area contributed by atoms with Gasteiger partial charge in [0.15, 0.2) is 5.58 Å². The molecule has 0 aliphatic heterocycles. The SMILES string of the molecule is Nc1ccc2nc(S(=O)Cc3ccc(Cl)cc3)oc2c1. The summed E-state index contributed by atoms with van der Waals surface area (Å²) in [4.78, 5) is 4.22. The third-order valence-corrected chi connectivity index (χ3v) is 4.21. The number of benzene rings is 2. The molecule has 1 aromatic heterocycles. The van der Waals surface area contributed by atoms with Crippen LogP contribution in [-0.4, -0.2) is 9.19 Å². The van der Waals surface area contributed by atoms with E-state index in [0.717, 1.165) is 5.56 Å². The molecule has 3 rings (SSSR count). The lowest BCUT2D eigenvalue weighted by molar-refractivity contribution is 0.477. The number of hydrogen-bond donors (Lipinski definition) is 1. The van der Waals surface area contributed by atoms with E-state index >= 15 is 0 Å². The molecule has 0 saturated heterocycles. The predicted octanol–water partition coefficient (Wildman–Crippen LogP) is 3.37. The Balaban J connectivity index is 1.86. The zero-order chi connectivity index (χ0) is 14.1. The number of rotatable bonds is 3. The molecule has 0 bridgehead atoms. The lowest BCUT2D eigenvalue weighted by atomic mass is 10.2. The highest BCUT2D eigenvalue weighted by Gasteiger charge is 2.13. The van der Waals surface area contributed by atoms with Crippen LogP contribution in [0.1, 0.15) is 5.56 Å². The summed E-state index contributed by atoms with van der Waals surface area (Å²) in [5, 5.41) is 0.859. The highest BCUT2D eigenvalue weighted by Crippen LogP contribution is 2.22. The number of hydrogen-bond acceptors (Lipinski definition) is 4. The molecule has 0 fully saturated rings. The van der Waals surface area contributed by atoms with Gasteiger partial charge in [-0.25, -0.2) is 9.19 Å². The first kappa shape index (κ1) is 13.1. The monoisotopic (exact) mass is 306 g/mol. The topological polar surface area (TPSA) is 69.1 Å². The van der Waals surface area contributed by atoms with Gasteiger partial charge in [0.2, 0.25) is 0 Å². The summed E-state index contributed by atoms with van der Waals surface area (Å²) in [5.41, 5.74) is 8.37. The van der Waals surface area contributed by atoms with Crippen LogP contribution in [0.15, 0.2) is 52.1 Å². The van der Waals surface area contributed by atoms with Gasteiger partial charge in [0.1, 0.15) is 16.3 Å². The standard InChI is InChI=1S/C14H11ClN2O2S/c15-10-3-1-9(2-4-10)8-20(18)14-17-12-6-5-11(16)7-13(12)19-14/h1-7H,8,16H2. The van der Waals surface area contributed by atoms with Gasteiger partial charge >= 0.3 is 0 Å². The van der Waals surface area contributed by atoms with Gasteiger partial charge in [-0.2, -0.15) is 0 Å². The van der Waals surface area contributed by atoms with Crippen LogP contribution in [0, 0.1) is 0 Å². The average Bonchev–Trinajstić information content (AvgIpc) is 2.84. The molecule has 0 amide bonds. The van der Waals surface area contributed by atoms with E-state index in [-0.39, 0.29) is 5.22 Å². The van der Waals surface area contributed by atoms with Crippen LogP contribution in [0.3, 0.4) is 0 Å². The first-order valence-electron chi connectivity index (χ1n) is 5.91. The molecular weight excluding hydrogens is 296 g/mol. The molecule has 0 aliphatic carbocycles. The molecule has 2 aromatic carbocycles. The fourth-order valence-corrected chi connectivity index (χ4v) is 2.94. The maximum atomic E-state index is 12.2. The second-order valence-electron chi connectivity index (χ2n) is 4.32. The van der Waals surface area contributed by atoms with Crippen LogP contribution in [0.4, 0.5) is 5.69 Å². The van der Waals surface area contributed by atoms with Crippen molar-refractivity contribution in [1.29, 1.82) is 0 Å². The van der Waals surface area contributed by atoms with Gasteiger partial charge < -0.3 is 10.2 Å². The fraction of sp³-hybridized carbons (Fsp3) is 0.0714. The van der Waals surface area contributed by atoms with Crippen molar-refractivity contribution in [2.24, 2.45) is 0 Å². The van der Waals surface area contributed by atoms with Gasteiger partial charge in [-0.1, -0.05) is 23.7 Å². The Bertz CT molecular complexity index is 783. The number of halogens is 1. The molecule has 2 N–H and O–H groups in total. The first-order chi connectivity index (χ1) is 9.61. The molecule has 0 saturated carbocycles. The number of anilines is 1. The zero-order valence-electron chi connectivity index (χ0n) is 10.4. The summed E-state index contributed by atoms with van der Waals surface area (Å²) in [6.45, 7) is 0. The Morgan fingerprint density at radius 3 is 2.70 bits per heavy atom. The third kappa shape index (κ3) is 2.69. The quantitative estimate of drug-likeness (QED) is 0.753. The van der Waals surface area contributed by atoms with Gasteiger partial charge in [0.25, 0.3) is 5.22 Å². The zero-order valence-corrected chi connectivity index (χ0v) is 11.9. The van der Waals surface area contributed by atoms with Crippen molar-refractivity contribution in [3.63, 3.8) is 0 Å². The van der Waals surface area contributed by atoms with Crippen molar-refractivity contribution in [2.45, 2.75) is 11.0 Å². The molecule has 0 radical (unpaired) electrons. The minimum Gasteiger partial charge on any atom is -0.430 e. The molecule has 1 unspecified atom stereocenters. The second kappa shape index (κ2) is 5.26. The van der Waals surface area contributed by atoms with Gasteiger partial charge in [-0.05, 0) is 29.8 Å². The van der Waals surface area contributed by atoms with E-state index in [1.165, 1.54) is 0 Å². The number of oxazole rings is 1. The van der Waals surface area contributed by atoms with Crippen molar-refractivity contribution < 1.29 is 8.63 Å². The van der Waals surface area contributed by atoms with Crippen LogP contribution in [0.2, 0.25) is 5.02 Å². The summed E-state index contributed by atoms with van der Waals surface area (Å²) in [7, 11) is -1.34. The molecule has 1 atom stereocenters. The molecule has 4 nitrogen and oxygen atoms in total. The maximum Gasteiger partial charge on any atom is 0.288 e. The van der Waals surface area contributed by atoms with Crippen molar-refractivity contribution in [3.8, 4) is 0 Å². The lowest BCUT2D eigenvalue weighted by Gasteiger charge is -1.98. The molecule has 20 heavy (non-hydrogen) atoms. The highest BCUT2D eigenvalue weighted by molar-refractivity contribution is 7.84. The molecule has 102 valence electrons. The van der Waals surface area contributed by atoms with Gasteiger partial charge in [0, 0.05) is 16.8 Å². The van der Waals surface area contributed by atoms with Crippen LogP contribution in [0.25, 0.3) is 11.1 Å². The third-order valence-electron chi connectivity index (χ3n) is 2.80. The van der Waals surface area contributed by atoms with Crippen LogP contribution >= 0.6 is 11.6 Å². The minimum absolute atomic E-state index is 0.209. The van der Waals surface area contributed by atoms with Gasteiger partial charge in [-0.15, -0.1) is 0 Å². The first-order valence-corrected chi connectivity index (χ1v) is 7.60. The molecule has 0 aliphatic rings. The Hall–Kier alpha value is -1.85. The highest BCUT2D eigenvalue weighted by atomic mass is 35.5. The number of nitrogens with zero attached hydrogens (tertiary/aromatic N) is 1. The Morgan fingerprint density at radius 2 is 1.95 bits per heavy atom. The summed E-state index contributed by atoms with van der Waals surface area (Å²) >= 11 is 5.81. The van der Waals surface area contributed by atoms with Crippen LogP contribution in [0.5, 0.6) is 0 Å². The van der Waals surface area contributed by atoms with Gasteiger partial charge in [0.05, 0.1) is 5.75 Å². The maximum absolute atomic E-state index is 12.2. The Kier molecular flexibility index (Phi) is 3.46. The molecule has 1 heterocycles. The van der Waals surface area contributed by atoms with Crippen molar-refractivity contribution in [2.75, 3.05) is 5.73 Å². The Labute approximate surface area is 123 Å². The molecular formula is C14H11ClN2O2S. The predicted molar refractivity (Wildman–Crippen MR) is 80.0 cm³/mol. The van der Waals surface area contributed by atoms with Gasteiger partial charge in [-0.3, -0.25) is 0 Å². The number of nitrogen functional groups attached to an aromatic ring is 1. The van der Waals surface area contributed by atoms with Crippen molar-refractivity contribution in [3.05, 3.63) is 53.1 Å². The van der Waals surface area contributed by atoms with Crippen molar-refractivity contribution >= 4 is 39.2 Å². The molecule has 0 spiro atoms. The van der Waals surface area contributed by atoms with Crippen LogP contribution < -0.4 is 5.73 Å². The van der Waals surface area contributed by atoms with E-state index in [9.17, 15) is 4.21 Å². The Morgan fingerprint density at radius 1 is 1.20 bits per heavy atom. The average molecular weight is 307 g/mol. The number of fused-ring (bicyclic) bond motifs is 1. The van der Waals surface area contributed by atoms with Crippen LogP contribution in [-0.2, 0) is 16.6 Å². The summed E-state index contributed by atoms with van der Waals surface area (Å²) in [6.07, 6.45) is 0. The van der Waals surface area contributed by atoms with E-state index in [0.29, 0.717) is 27.6 Å². The molecule has 3 aromatic rings. The molecule has 6 heteroatoms. The fourth-order valence-electron chi connectivity index (χ4n) is 1.81. The summed E-state index contributed by atoms with van der Waals surface area (Å²) < 4.78 is 17.7.